The van der Waals surface area contributed by atoms with Crippen LogP contribution in [0, 0.1) is 0 Å². The summed E-state index contributed by atoms with van der Waals surface area (Å²) in [7, 11) is -3.06. The van der Waals surface area contributed by atoms with Gasteiger partial charge in [-0.2, -0.15) is 0 Å². The number of rotatable bonds is 7. The third-order valence-electron chi connectivity index (χ3n) is 2.95. The Morgan fingerprint density at radius 3 is 2.48 bits per heavy atom. The molecular weight excluding hydrogens is 315 g/mol. The van der Waals surface area contributed by atoms with Gasteiger partial charge in [0, 0.05) is 6.66 Å². The van der Waals surface area contributed by atoms with Crippen molar-refractivity contribution in [1.82, 2.24) is 0 Å². The topological polar surface area (TPSA) is 61.8 Å². The fraction of sp³-hybridized carbons (Fsp3) is 0.235. The van der Waals surface area contributed by atoms with Crippen LogP contribution in [0.25, 0.3) is 0 Å². The third-order valence-corrected chi connectivity index (χ3v) is 4.27. The molecule has 0 spiro atoms. The minimum atomic E-state index is -3.06. The summed E-state index contributed by atoms with van der Waals surface area (Å²) in [5.74, 6) is -0.0264. The van der Waals surface area contributed by atoms with Crippen LogP contribution in [0.4, 0.5) is 0 Å². The van der Waals surface area contributed by atoms with Gasteiger partial charge in [-0.05, 0) is 36.8 Å². The van der Waals surface area contributed by atoms with Crippen molar-refractivity contribution in [2.24, 2.45) is 0 Å². The molecule has 0 aliphatic rings. The van der Waals surface area contributed by atoms with E-state index in [0.717, 1.165) is 5.56 Å². The fourth-order valence-electron chi connectivity index (χ4n) is 1.90. The van der Waals surface area contributed by atoms with Gasteiger partial charge in [0.2, 0.25) is 0 Å². The number of esters is 1. The lowest BCUT2D eigenvalue weighted by molar-refractivity contribution is 0.0734. The molecule has 2 aromatic carbocycles. The maximum Gasteiger partial charge on any atom is 0.343 e. The van der Waals surface area contributed by atoms with Crippen LogP contribution < -0.4 is 4.74 Å². The van der Waals surface area contributed by atoms with Crippen molar-refractivity contribution in [3.05, 3.63) is 65.7 Å². The van der Waals surface area contributed by atoms with Crippen LogP contribution in [0.2, 0.25) is 0 Å². The zero-order valence-electron chi connectivity index (χ0n) is 13.1. The molecule has 1 unspecified atom stereocenters. The Bertz CT molecular complexity index is 699. The third kappa shape index (κ3) is 5.64. The summed E-state index contributed by atoms with van der Waals surface area (Å²) in [5.41, 5.74) is 1.22. The Labute approximate surface area is 135 Å². The summed E-state index contributed by atoms with van der Waals surface area (Å²) < 4.78 is 27.6. The molecule has 2 aromatic rings. The van der Waals surface area contributed by atoms with Gasteiger partial charge in [0.25, 0.3) is 0 Å². The summed E-state index contributed by atoms with van der Waals surface area (Å²) in [6, 6.07) is 15.6. The Balaban J connectivity index is 2.00. The smallest absolute Gasteiger partial charge is 0.343 e. The molecule has 1 atom stereocenters. The van der Waals surface area contributed by atoms with Crippen LogP contribution in [0.3, 0.4) is 0 Å². The molecular formula is C17H19O5P. The quantitative estimate of drug-likeness (QED) is 0.430. The molecule has 0 fully saturated rings. The highest BCUT2D eigenvalue weighted by atomic mass is 31.2. The molecule has 0 aromatic heterocycles. The molecule has 0 aliphatic carbocycles. The van der Waals surface area contributed by atoms with Crippen molar-refractivity contribution in [3.8, 4) is 5.75 Å². The number of hydrogen-bond acceptors (Lipinski definition) is 5. The predicted octanol–water partition coefficient (Wildman–Crippen LogP) is 4.28. The summed E-state index contributed by atoms with van der Waals surface area (Å²) >= 11 is 0. The molecule has 0 bridgehead atoms. The van der Waals surface area contributed by atoms with Crippen LogP contribution in [0.15, 0.2) is 54.6 Å². The van der Waals surface area contributed by atoms with E-state index >= 15 is 0 Å². The second-order valence-corrected chi connectivity index (χ2v) is 6.92. The number of benzene rings is 2. The van der Waals surface area contributed by atoms with E-state index in [1.54, 1.807) is 55.5 Å². The van der Waals surface area contributed by atoms with Crippen molar-refractivity contribution < 1.29 is 23.1 Å². The Kier molecular flexibility index (Phi) is 6.11. The molecule has 0 N–H and O–H groups in total. The minimum Gasteiger partial charge on any atom is -0.423 e. The molecule has 0 radical (unpaired) electrons. The van der Waals surface area contributed by atoms with Gasteiger partial charge in [-0.3, -0.25) is 4.57 Å². The van der Waals surface area contributed by atoms with E-state index in [1.165, 1.54) is 6.66 Å². The Hall–Kier alpha value is -1.94. The normalized spacial score (nSPS) is 13.3. The van der Waals surface area contributed by atoms with Gasteiger partial charge < -0.3 is 13.8 Å². The van der Waals surface area contributed by atoms with E-state index < -0.39 is 13.6 Å². The first-order valence-electron chi connectivity index (χ1n) is 7.23. The van der Waals surface area contributed by atoms with Crippen molar-refractivity contribution >= 4 is 13.6 Å². The second-order valence-electron chi connectivity index (χ2n) is 4.87. The van der Waals surface area contributed by atoms with E-state index in [4.69, 9.17) is 13.8 Å². The van der Waals surface area contributed by atoms with Crippen LogP contribution >= 0.6 is 7.60 Å². The van der Waals surface area contributed by atoms with Gasteiger partial charge in [0.05, 0.1) is 18.8 Å². The number of ether oxygens (including phenoxy) is 1. The summed E-state index contributed by atoms with van der Waals surface area (Å²) in [4.78, 5) is 12.0. The zero-order valence-corrected chi connectivity index (χ0v) is 14.0. The molecule has 2 rings (SSSR count). The van der Waals surface area contributed by atoms with E-state index in [2.05, 4.69) is 0 Å². The number of carbonyl (C=O) groups is 1. The monoisotopic (exact) mass is 334 g/mol. The maximum absolute atomic E-state index is 12.0. The standard InChI is InChI=1S/C17H19O5P/c1-3-20-23(2,19)21-13-14-8-7-11-16(12-14)22-17(18)15-9-5-4-6-10-15/h4-12H,3,13H2,1-2H3. The van der Waals surface area contributed by atoms with Crippen LogP contribution in [-0.4, -0.2) is 19.2 Å². The van der Waals surface area contributed by atoms with Crippen molar-refractivity contribution in [2.75, 3.05) is 13.3 Å². The number of hydrogen-bond donors (Lipinski definition) is 0. The molecule has 23 heavy (non-hydrogen) atoms. The van der Waals surface area contributed by atoms with E-state index in [0.29, 0.717) is 17.9 Å². The van der Waals surface area contributed by atoms with Crippen molar-refractivity contribution in [3.63, 3.8) is 0 Å². The molecule has 0 amide bonds. The Morgan fingerprint density at radius 2 is 1.78 bits per heavy atom. The molecule has 0 saturated heterocycles. The van der Waals surface area contributed by atoms with E-state index in [9.17, 15) is 9.36 Å². The second kappa shape index (κ2) is 8.06. The predicted molar refractivity (Wildman–Crippen MR) is 87.8 cm³/mol. The fourth-order valence-corrected chi connectivity index (χ4v) is 2.83. The Morgan fingerprint density at radius 1 is 1.04 bits per heavy atom. The van der Waals surface area contributed by atoms with E-state index in [-0.39, 0.29) is 6.61 Å². The largest absolute Gasteiger partial charge is 0.423 e. The van der Waals surface area contributed by atoms with Crippen molar-refractivity contribution in [1.29, 1.82) is 0 Å². The van der Waals surface area contributed by atoms with Gasteiger partial charge in [0.15, 0.2) is 0 Å². The van der Waals surface area contributed by atoms with Gasteiger partial charge >= 0.3 is 13.6 Å². The highest BCUT2D eigenvalue weighted by Gasteiger charge is 2.16. The van der Waals surface area contributed by atoms with Crippen LogP contribution in [-0.2, 0) is 20.2 Å². The molecule has 5 nitrogen and oxygen atoms in total. The average Bonchev–Trinajstić information content (AvgIpc) is 2.54. The first-order valence-corrected chi connectivity index (χ1v) is 9.22. The van der Waals surface area contributed by atoms with Crippen molar-refractivity contribution in [2.45, 2.75) is 13.5 Å². The lowest BCUT2D eigenvalue weighted by Gasteiger charge is -2.13. The highest BCUT2D eigenvalue weighted by Crippen LogP contribution is 2.44. The zero-order chi connectivity index (χ0) is 16.7. The van der Waals surface area contributed by atoms with Gasteiger partial charge in [-0.1, -0.05) is 30.3 Å². The molecule has 6 heteroatoms. The minimum absolute atomic E-state index is 0.116. The van der Waals surface area contributed by atoms with Crippen LogP contribution in [0.5, 0.6) is 5.75 Å². The summed E-state index contributed by atoms with van der Waals surface area (Å²) in [5, 5.41) is 0. The molecule has 0 aliphatic heterocycles. The van der Waals surface area contributed by atoms with E-state index in [1.807, 2.05) is 6.07 Å². The van der Waals surface area contributed by atoms with Gasteiger partial charge in [-0.15, -0.1) is 0 Å². The van der Waals surface area contributed by atoms with Gasteiger partial charge in [-0.25, -0.2) is 4.79 Å². The van der Waals surface area contributed by atoms with Crippen LogP contribution in [0.1, 0.15) is 22.8 Å². The summed E-state index contributed by atoms with van der Waals surface area (Å²) in [6.07, 6.45) is 0. The lowest BCUT2D eigenvalue weighted by atomic mass is 10.2. The molecule has 0 heterocycles. The van der Waals surface area contributed by atoms with Gasteiger partial charge in [0.1, 0.15) is 5.75 Å². The summed E-state index contributed by atoms with van der Waals surface area (Å²) in [6.45, 7) is 3.62. The molecule has 122 valence electrons. The first kappa shape index (κ1) is 17.4. The SMILES string of the molecule is CCOP(C)(=O)OCc1cccc(OC(=O)c2ccccc2)c1. The lowest BCUT2D eigenvalue weighted by Crippen LogP contribution is -2.08. The first-order chi connectivity index (χ1) is 11.0. The number of carbonyl (C=O) groups excluding carboxylic acids is 1. The molecule has 0 saturated carbocycles. The maximum atomic E-state index is 12.0. The highest BCUT2D eigenvalue weighted by molar-refractivity contribution is 7.52. The average molecular weight is 334 g/mol.